The number of unbranched alkanes of at least 4 members (excludes halogenated alkanes) is 25. The summed E-state index contributed by atoms with van der Waals surface area (Å²) in [5, 5.41) is 18.3. The second-order valence-electron chi connectivity index (χ2n) is 14.7. The first-order valence-corrected chi connectivity index (χ1v) is 23.1. The molecule has 0 aliphatic heterocycles. The van der Waals surface area contributed by atoms with E-state index in [-0.39, 0.29) is 19.4 Å². The van der Waals surface area contributed by atoms with Gasteiger partial charge in [-0.3, -0.25) is 18.6 Å². The van der Waals surface area contributed by atoms with Gasteiger partial charge in [-0.05, 0) is 38.5 Å². The number of ether oxygens (including phenoxy) is 2. The van der Waals surface area contributed by atoms with Gasteiger partial charge >= 0.3 is 19.8 Å². The van der Waals surface area contributed by atoms with Gasteiger partial charge in [0.1, 0.15) is 12.7 Å². The molecule has 0 rings (SSSR count). The van der Waals surface area contributed by atoms with Crippen molar-refractivity contribution in [1.82, 2.24) is 0 Å². The lowest BCUT2D eigenvalue weighted by molar-refractivity contribution is -0.161. The van der Waals surface area contributed by atoms with Crippen LogP contribution in [0.25, 0.3) is 0 Å². The SMILES string of the molecule is CCCCCCCCCC/C=C\CCCCCCCCCCCCCC(=O)OC(COC(=O)CCCCCCCCC)COP(=O)(O)OCC(O)CO. The molecule has 0 aromatic heterocycles. The summed E-state index contributed by atoms with van der Waals surface area (Å²) in [5.74, 6) is -0.925. The maximum Gasteiger partial charge on any atom is 0.472 e. The molecule has 0 bridgehead atoms. The molecule has 0 aliphatic rings. The van der Waals surface area contributed by atoms with E-state index in [1.807, 2.05) is 0 Å². The van der Waals surface area contributed by atoms with Crippen molar-refractivity contribution >= 4 is 19.8 Å². The molecule has 0 saturated heterocycles. The van der Waals surface area contributed by atoms with Crippen molar-refractivity contribution in [2.24, 2.45) is 0 Å². The lowest BCUT2D eigenvalue weighted by Crippen LogP contribution is -2.29. The fourth-order valence-electron chi connectivity index (χ4n) is 6.05. The van der Waals surface area contributed by atoms with Gasteiger partial charge in [-0.15, -0.1) is 0 Å². The molecule has 3 unspecified atom stereocenters. The number of rotatable bonds is 41. The summed E-state index contributed by atoms with van der Waals surface area (Å²) in [5.41, 5.74) is 0. The molecule has 0 aliphatic carbocycles. The number of carbonyl (C=O) groups is 2. The first-order valence-electron chi connectivity index (χ1n) is 21.6. The zero-order valence-corrected chi connectivity index (χ0v) is 34.9. The Kier molecular flexibility index (Phi) is 38.0. The van der Waals surface area contributed by atoms with E-state index < -0.39 is 51.8 Å². The van der Waals surface area contributed by atoms with Gasteiger partial charge in [0.2, 0.25) is 0 Å². The fourth-order valence-corrected chi connectivity index (χ4v) is 6.84. The minimum atomic E-state index is -4.60. The fraction of sp³-hybridized carbons (Fsp3) is 0.905. The van der Waals surface area contributed by atoms with E-state index in [0.717, 1.165) is 38.5 Å². The summed E-state index contributed by atoms with van der Waals surface area (Å²) < 4.78 is 32.6. The van der Waals surface area contributed by atoms with Crippen molar-refractivity contribution in [3.63, 3.8) is 0 Å². The average Bonchev–Trinajstić information content (AvgIpc) is 3.14. The van der Waals surface area contributed by atoms with Gasteiger partial charge < -0.3 is 24.6 Å². The van der Waals surface area contributed by atoms with Crippen LogP contribution < -0.4 is 0 Å². The summed E-state index contributed by atoms with van der Waals surface area (Å²) in [6.45, 7) is 2.34. The van der Waals surface area contributed by atoms with E-state index >= 15 is 0 Å². The number of allylic oxidation sites excluding steroid dienone is 2. The van der Waals surface area contributed by atoms with Crippen LogP contribution in [-0.4, -0.2) is 65.7 Å². The Hall–Kier alpha value is -1.29. The quantitative estimate of drug-likeness (QED) is 0.0237. The lowest BCUT2D eigenvalue weighted by atomic mass is 10.0. The van der Waals surface area contributed by atoms with Crippen LogP contribution in [0.3, 0.4) is 0 Å². The molecule has 3 N–H and O–H groups in total. The predicted molar refractivity (Wildman–Crippen MR) is 215 cm³/mol. The molecule has 0 saturated carbocycles. The molecule has 0 spiro atoms. The minimum Gasteiger partial charge on any atom is -0.462 e. The molecule has 0 aromatic rings. The largest absolute Gasteiger partial charge is 0.472 e. The number of esters is 2. The molecule has 11 heteroatoms. The highest BCUT2D eigenvalue weighted by Gasteiger charge is 2.27. The summed E-state index contributed by atoms with van der Waals surface area (Å²) in [6.07, 6.45) is 36.4. The zero-order chi connectivity index (χ0) is 39.1. The molecular weight excluding hydrogens is 695 g/mol. The van der Waals surface area contributed by atoms with Gasteiger partial charge in [0.25, 0.3) is 0 Å². The van der Waals surface area contributed by atoms with E-state index in [9.17, 15) is 24.2 Å². The third-order valence-corrected chi connectivity index (χ3v) is 10.4. The molecule has 0 radical (unpaired) electrons. The van der Waals surface area contributed by atoms with Crippen LogP contribution in [0.1, 0.15) is 206 Å². The van der Waals surface area contributed by atoms with Gasteiger partial charge in [-0.1, -0.05) is 167 Å². The molecule has 10 nitrogen and oxygen atoms in total. The van der Waals surface area contributed by atoms with E-state index in [1.165, 1.54) is 128 Å². The van der Waals surface area contributed by atoms with Crippen molar-refractivity contribution in [3.05, 3.63) is 12.2 Å². The van der Waals surface area contributed by atoms with Gasteiger partial charge in [0.05, 0.1) is 19.8 Å². The van der Waals surface area contributed by atoms with Crippen LogP contribution in [0, 0.1) is 0 Å². The Balaban J connectivity index is 4.08. The number of aliphatic hydroxyl groups excluding tert-OH is 2. The first-order chi connectivity index (χ1) is 25.7. The van der Waals surface area contributed by atoms with Crippen LogP contribution in [0.5, 0.6) is 0 Å². The second-order valence-corrected chi connectivity index (χ2v) is 16.2. The van der Waals surface area contributed by atoms with E-state index in [0.29, 0.717) is 12.8 Å². The Morgan fingerprint density at radius 1 is 0.547 bits per heavy atom. The van der Waals surface area contributed by atoms with Crippen molar-refractivity contribution in [1.29, 1.82) is 0 Å². The van der Waals surface area contributed by atoms with Gasteiger partial charge in [-0.2, -0.15) is 0 Å². The Labute approximate surface area is 324 Å². The van der Waals surface area contributed by atoms with E-state index in [4.69, 9.17) is 19.1 Å². The standard InChI is InChI=1S/C42H81O10P/c1-3-5-7-9-11-12-13-14-15-16-17-18-19-20-21-22-23-24-25-26-28-30-32-34-42(46)52-40(38-51-53(47,48)50-36-39(44)35-43)37-49-41(45)33-31-29-27-10-8-6-4-2/h16-17,39-40,43-44H,3-15,18-38H2,1-2H3,(H,47,48)/b17-16-. The highest BCUT2D eigenvalue weighted by molar-refractivity contribution is 7.47. The van der Waals surface area contributed by atoms with Crippen LogP contribution in [0.4, 0.5) is 0 Å². The van der Waals surface area contributed by atoms with Gasteiger partial charge in [0, 0.05) is 12.8 Å². The number of phosphoric acid groups is 1. The highest BCUT2D eigenvalue weighted by atomic mass is 31.2. The third-order valence-electron chi connectivity index (χ3n) is 9.42. The number of hydrogen-bond donors (Lipinski definition) is 3. The summed E-state index contributed by atoms with van der Waals surface area (Å²) in [4.78, 5) is 34.8. The molecule has 53 heavy (non-hydrogen) atoms. The smallest absolute Gasteiger partial charge is 0.462 e. The van der Waals surface area contributed by atoms with Crippen LogP contribution in [0.2, 0.25) is 0 Å². The van der Waals surface area contributed by atoms with Crippen LogP contribution >= 0.6 is 7.82 Å². The van der Waals surface area contributed by atoms with E-state index in [2.05, 4.69) is 30.5 Å². The summed E-state index contributed by atoms with van der Waals surface area (Å²) >= 11 is 0. The average molecular weight is 777 g/mol. The van der Waals surface area contributed by atoms with E-state index in [1.54, 1.807) is 0 Å². The maximum atomic E-state index is 12.6. The highest BCUT2D eigenvalue weighted by Crippen LogP contribution is 2.43. The molecule has 0 heterocycles. The van der Waals surface area contributed by atoms with Gasteiger partial charge in [-0.25, -0.2) is 4.57 Å². The number of hydrogen-bond acceptors (Lipinski definition) is 9. The monoisotopic (exact) mass is 777 g/mol. The summed E-state index contributed by atoms with van der Waals surface area (Å²) in [6, 6.07) is 0. The maximum absolute atomic E-state index is 12.6. The second kappa shape index (κ2) is 39.0. The summed E-state index contributed by atoms with van der Waals surface area (Å²) in [7, 11) is -4.60. The molecule has 314 valence electrons. The number of aliphatic hydroxyl groups is 2. The lowest BCUT2D eigenvalue weighted by Gasteiger charge is -2.20. The zero-order valence-electron chi connectivity index (χ0n) is 34.0. The number of carbonyl (C=O) groups excluding carboxylic acids is 2. The normalized spacial score (nSPS) is 14.0. The molecule has 0 aromatic carbocycles. The van der Waals surface area contributed by atoms with Crippen LogP contribution in [0.15, 0.2) is 12.2 Å². The minimum absolute atomic E-state index is 0.187. The first kappa shape index (κ1) is 51.7. The van der Waals surface area contributed by atoms with Crippen LogP contribution in [-0.2, 0) is 32.7 Å². The van der Waals surface area contributed by atoms with Crippen molar-refractivity contribution in [2.45, 2.75) is 219 Å². The Bertz CT molecular complexity index is 899. The Morgan fingerprint density at radius 2 is 0.925 bits per heavy atom. The van der Waals surface area contributed by atoms with Crippen molar-refractivity contribution in [2.75, 3.05) is 26.4 Å². The molecule has 3 atom stereocenters. The van der Waals surface area contributed by atoms with Crippen molar-refractivity contribution < 1.29 is 47.8 Å². The van der Waals surface area contributed by atoms with Gasteiger partial charge in [0.15, 0.2) is 6.10 Å². The third kappa shape index (κ3) is 38.8. The molecule has 0 amide bonds. The number of phosphoric ester groups is 1. The topological polar surface area (TPSA) is 149 Å². The molecule has 0 fully saturated rings. The Morgan fingerprint density at radius 3 is 1.36 bits per heavy atom. The molecular formula is C42H81O10P. The predicted octanol–water partition coefficient (Wildman–Crippen LogP) is 11.2. The van der Waals surface area contributed by atoms with Crippen molar-refractivity contribution in [3.8, 4) is 0 Å².